The van der Waals surface area contributed by atoms with E-state index in [1.807, 2.05) is 12.1 Å². The van der Waals surface area contributed by atoms with Crippen molar-refractivity contribution in [2.75, 3.05) is 0 Å². The lowest BCUT2D eigenvalue weighted by Gasteiger charge is -2.24. The number of hydrogen-bond acceptors (Lipinski definition) is 2. The minimum absolute atomic E-state index is 0.120. The van der Waals surface area contributed by atoms with Crippen LogP contribution in [0, 0.1) is 0 Å². The number of benzene rings is 3. The fourth-order valence-electron chi connectivity index (χ4n) is 5.99. The predicted octanol–water partition coefficient (Wildman–Crippen LogP) is 7.79. The van der Waals surface area contributed by atoms with Gasteiger partial charge in [-0.2, -0.15) is 0 Å². The molecule has 0 aliphatic heterocycles. The van der Waals surface area contributed by atoms with Gasteiger partial charge in [-0.1, -0.05) is 64.1 Å². The van der Waals surface area contributed by atoms with Crippen molar-refractivity contribution in [3.05, 3.63) is 82.9 Å². The zero-order valence-corrected chi connectivity index (χ0v) is 17.6. The van der Waals surface area contributed by atoms with Gasteiger partial charge in [0.2, 0.25) is 0 Å². The number of rotatable bonds is 0. The second-order valence-electron chi connectivity index (χ2n) is 9.80. The Morgan fingerprint density at radius 1 is 0.567 bits per heavy atom. The van der Waals surface area contributed by atoms with E-state index in [0.29, 0.717) is 0 Å². The van der Waals surface area contributed by atoms with E-state index in [0.717, 1.165) is 22.7 Å². The minimum atomic E-state index is -0.120. The Balaban J connectivity index is 1.57. The van der Waals surface area contributed by atoms with E-state index in [2.05, 4.69) is 76.2 Å². The molecule has 0 radical (unpaired) electrons. The highest BCUT2D eigenvalue weighted by Gasteiger charge is 2.46. The Kier molecular flexibility index (Phi) is 2.70. The molecule has 2 aliphatic rings. The highest BCUT2D eigenvalue weighted by molar-refractivity contribution is 5.99. The number of hydrogen-bond donors (Lipinski definition) is 0. The lowest BCUT2D eigenvalue weighted by atomic mass is 9.78. The zero-order chi connectivity index (χ0) is 20.4. The molecule has 0 saturated carbocycles. The second-order valence-corrected chi connectivity index (χ2v) is 9.80. The molecular formula is C28H22O2. The van der Waals surface area contributed by atoms with Crippen molar-refractivity contribution in [1.82, 2.24) is 0 Å². The predicted molar refractivity (Wildman–Crippen MR) is 121 cm³/mol. The molecule has 2 aromatic heterocycles. The van der Waals surface area contributed by atoms with E-state index in [9.17, 15) is 0 Å². The molecule has 2 aliphatic carbocycles. The Labute approximate surface area is 175 Å². The molecule has 0 bridgehead atoms. The second kappa shape index (κ2) is 4.89. The van der Waals surface area contributed by atoms with Crippen molar-refractivity contribution in [1.29, 1.82) is 0 Å². The molecule has 30 heavy (non-hydrogen) atoms. The number of fused-ring (bicyclic) bond motifs is 10. The maximum atomic E-state index is 6.41. The van der Waals surface area contributed by atoms with Gasteiger partial charge < -0.3 is 8.83 Å². The first-order valence-corrected chi connectivity index (χ1v) is 10.6. The molecule has 0 amide bonds. The third kappa shape index (κ3) is 1.69. The molecule has 3 aromatic carbocycles. The molecule has 7 rings (SSSR count). The molecular weight excluding hydrogens is 368 g/mol. The Morgan fingerprint density at radius 3 is 1.40 bits per heavy atom. The third-order valence-corrected chi connectivity index (χ3v) is 7.43. The normalized spacial score (nSPS) is 17.2. The SMILES string of the molecule is CC1(C)c2cc3c(cc2-c2oc4ccccc4c21)C(C)(C)c1c-3oc2ccccc12. The molecule has 2 heteroatoms. The van der Waals surface area contributed by atoms with Gasteiger partial charge in [0.1, 0.15) is 22.7 Å². The van der Waals surface area contributed by atoms with Gasteiger partial charge in [0, 0.05) is 43.9 Å². The van der Waals surface area contributed by atoms with Crippen LogP contribution in [0.1, 0.15) is 49.9 Å². The van der Waals surface area contributed by atoms with Crippen LogP contribution in [-0.2, 0) is 10.8 Å². The molecule has 0 fully saturated rings. The molecule has 0 atom stereocenters. The van der Waals surface area contributed by atoms with E-state index in [1.54, 1.807) is 0 Å². The number of para-hydroxylation sites is 2. The summed E-state index contributed by atoms with van der Waals surface area (Å²) in [6, 6.07) is 21.5. The first-order valence-electron chi connectivity index (χ1n) is 10.6. The van der Waals surface area contributed by atoms with E-state index in [1.165, 1.54) is 44.2 Å². The van der Waals surface area contributed by atoms with Crippen LogP contribution in [0.4, 0.5) is 0 Å². The molecule has 5 aromatic rings. The summed E-state index contributed by atoms with van der Waals surface area (Å²) < 4.78 is 12.8. The third-order valence-electron chi connectivity index (χ3n) is 7.43. The highest BCUT2D eigenvalue weighted by Crippen LogP contribution is 2.59. The Hall–Kier alpha value is -3.26. The summed E-state index contributed by atoms with van der Waals surface area (Å²) in [4.78, 5) is 0. The number of furan rings is 2. The smallest absolute Gasteiger partial charge is 0.139 e. The molecule has 0 spiro atoms. The van der Waals surface area contributed by atoms with Gasteiger partial charge in [0.25, 0.3) is 0 Å². The van der Waals surface area contributed by atoms with Crippen molar-refractivity contribution >= 4 is 21.9 Å². The monoisotopic (exact) mass is 390 g/mol. The average Bonchev–Trinajstić information content (AvgIpc) is 3.41. The van der Waals surface area contributed by atoms with Crippen molar-refractivity contribution in [3.8, 4) is 22.6 Å². The molecule has 0 saturated heterocycles. The van der Waals surface area contributed by atoms with Crippen molar-refractivity contribution < 1.29 is 8.83 Å². The largest absolute Gasteiger partial charge is 0.456 e. The van der Waals surface area contributed by atoms with Gasteiger partial charge in [-0.3, -0.25) is 0 Å². The highest BCUT2D eigenvalue weighted by atomic mass is 16.3. The van der Waals surface area contributed by atoms with Crippen LogP contribution in [0.3, 0.4) is 0 Å². The zero-order valence-electron chi connectivity index (χ0n) is 17.6. The van der Waals surface area contributed by atoms with Crippen LogP contribution >= 0.6 is 0 Å². The lowest BCUT2D eigenvalue weighted by Crippen LogP contribution is -2.17. The summed E-state index contributed by atoms with van der Waals surface area (Å²) in [6.07, 6.45) is 0. The van der Waals surface area contributed by atoms with Gasteiger partial charge in [-0.25, -0.2) is 0 Å². The van der Waals surface area contributed by atoms with Gasteiger partial charge in [-0.05, 0) is 35.4 Å². The van der Waals surface area contributed by atoms with Crippen LogP contribution in [0.15, 0.2) is 69.5 Å². The standard InChI is InChI=1S/C28H22O2/c1-27(2)19-13-18-20(14-17(19)25-23(27)15-9-5-7-11-21(15)29-25)28(3,4)24-16-10-6-8-12-22(16)30-26(18)24/h5-14H,1-4H3. The van der Waals surface area contributed by atoms with Gasteiger partial charge in [0.05, 0.1) is 0 Å². The summed E-state index contributed by atoms with van der Waals surface area (Å²) in [5.74, 6) is 2.06. The maximum Gasteiger partial charge on any atom is 0.139 e. The fraction of sp³-hybridized carbons (Fsp3) is 0.214. The van der Waals surface area contributed by atoms with Crippen LogP contribution in [0.5, 0.6) is 0 Å². The Morgan fingerprint density at radius 2 is 0.967 bits per heavy atom. The minimum Gasteiger partial charge on any atom is -0.456 e. The topological polar surface area (TPSA) is 26.3 Å². The van der Waals surface area contributed by atoms with Gasteiger partial charge in [0.15, 0.2) is 0 Å². The molecule has 2 heterocycles. The molecule has 0 unspecified atom stereocenters. The maximum absolute atomic E-state index is 6.41. The Bertz CT molecular complexity index is 1420. The van der Waals surface area contributed by atoms with E-state index in [4.69, 9.17) is 8.83 Å². The first-order chi connectivity index (χ1) is 14.4. The molecule has 0 N–H and O–H groups in total. The van der Waals surface area contributed by atoms with Crippen LogP contribution in [0.2, 0.25) is 0 Å². The van der Waals surface area contributed by atoms with E-state index in [-0.39, 0.29) is 10.8 Å². The summed E-state index contributed by atoms with van der Waals surface area (Å²) >= 11 is 0. The van der Waals surface area contributed by atoms with Crippen LogP contribution < -0.4 is 0 Å². The van der Waals surface area contributed by atoms with E-state index >= 15 is 0 Å². The average molecular weight is 390 g/mol. The van der Waals surface area contributed by atoms with Gasteiger partial charge >= 0.3 is 0 Å². The molecule has 146 valence electrons. The lowest BCUT2D eigenvalue weighted by molar-refractivity contribution is 0.617. The van der Waals surface area contributed by atoms with E-state index < -0.39 is 0 Å². The summed E-state index contributed by atoms with van der Waals surface area (Å²) in [5, 5.41) is 2.44. The van der Waals surface area contributed by atoms with Crippen molar-refractivity contribution in [2.24, 2.45) is 0 Å². The fourth-order valence-corrected chi connectivity index (χ4v) is 5.99. The quantitative estimate of drug-likeness (QED) is 0.270. The molecule has 2 nitrogen and oxygen atoms in total. The van der Waals surface area contributed by atoms with Crippen molar-refractivity contribution in [3.63, 3.8) is 0 Å². The first kappa shape index (κ1) is 16.5. The van der Waals surface area contributed by atoms with Crippen molar-refractivity contribution in [2.45, 2.75) is 38.5 Å². The van der Waals surface area contributed by atoms with Crippen LogP contribution in [0.25, 0.3) is 44.6 Å². The summed E-state index contributed by atoms with van der Waals surface area (Å²) in [7, 11) is 0. The summed E-state index contributed by atoms with van der Waals surface area (Å²) in [6.45, 7) is 9.24. The van der Waals surface area contributed by atoms with Crippen LogP contribution in [-0.4, -0.2) is 0 Å². The summed E-state index contributed by atoms with van der Waals surface area (Å²) in [5.41, 5.74) is 9.42. The van der Waals surface area contributed by atoms with Gasteiger partial charge in [-0.15, -0.1) is 0 Å².